The molecular weight excluding hydrogens is 356 g/mol. The number of alkyl halides is 3. The van der Waals surface area contributed by atoms with Crippen molar-refractivity contribution in [2.45, 2.75) is 25.8 Å². The summed E-state index contributed by atoms with van der Waals surface area (Å²) >= 11 is 0. The minimum atomic E-state index is -4.61. The summed E-state index contributed by atoms with van der Waals surface area (Å²) in [6, 6.07) is 4.42. The van der Waals surface area contributed by atoms with Crippen molar-refractivity contribution in [1.82, 2.24) is 19.6 Å². The van der Waals surface area contributed by atoms with E-state index in [0.717, 1.165) is 13.0 Å². The predicted octanol–water partition coefficient (Wildman–Crippen LogP) is 3.41. The lowest BCUT2D eigenvalue weighted by Gasteiger charge is -2.17. The molecule has 0 aliphatic heterocycles. The van der Waals surface area contributed by atoms with Crippen LogP contribution < -0.4 is 4.74 Å². The van der Waals surface area contributed by atoms with E-state index in [-0.39, 0.29) is 6.61 Å². The van der Waals surface area contributed by atoms with Crippen LogP contribution in [0.2, 0.25) is 0 Å². The Morgan fingerprint density at radius 3 is 2.62 bits per heavy atom. The summed E-state index contributed by atoms with van der Waals surface area (Å²) in [6.07, 6.45) is -3.87. The van der Waals surface area contributed by atoms with Crippen molar-refractivity contribution in [1.29, 1.82) is 0 Å². The third-order valence-electron chi connectivity index (χ3n) is 3.64. The first kappa shape index (κ1) is 18.1. The molecule has 1 unspecified atom stereocenters. The first-order valence-corrected chi connectivity index (χ1v) is 7.51. The Hall–Kier alpha value is -2.75. The normalized spacial score (nSPS) is 13.2. The molecule has 0 saturated carbocycles. The third kappa shape index (κ3) is 3.59. The average Bonchev–Trinajstić information content (AvgIpc) is 2.98. The van der Waals surface area contributed by atoms with Crippen LogP contribution in [0.4, 0.5) is 17.6 Å². The molecular formula is C16H14F4N4O2. The number of hydrogen-bond acceptors (Lipinski definition) is 5. The van der Waals surface area contributed by atoms with Crippen LogP contribution in [-0.2, 0) is 11.3 Å². The van der Waals surface area contributed by atoms with E-state index in [4.69, 9.17) is 4.74 Å². The molecule has 0 aliphatic rings. The minimum Gasteiger partial charge on any atom is -0.463 e. The molecule has 0 aromatic carbocycles. The number of rotatable bonds is 5. The van der Waals surface area contributed by atoms with Gasteiger partial charge in [-0.05, 0) is 25.1 Å². The van der Waals surface area contributed by atoms with Gasteiger partial charge < -0.3 is 9.47 Å². The second-order valence-electron chi connectivity index (χ2n) is 5.51. The lowest BCUT2D eigenvalue weighted by Crippen LogP contribution is -2.31. The van der Waals surface area contributed by atoms with E-state index in [2.05, 4.69) is 19.9 Å². The third-order valence-corrected chi connectivity index (χ3v) is 3.64. The van der Waals surface area contributed by atoms with Gasteiger partial charge >= 0.3 is 6.18 Å². The Bertz CT molecular complexity index is 926. The molecule has 0 radical (unpaired) electrons. The summed E-state index contributed by atoms with van der Waals surface area (Å²) in [6.45, 7) is 1.02. The van der Waals surface area contributed by atoms with Gasteiger partial charge in [-0.3, -0.25) is 4.40 Å². The summed E-state index contributed by atoms with van der Waals surface area (Å²) in [5.74, 6) is -1.14. The highest BCUT2D eigenvalue weighted by Gasteiger charge is 2.38. The highest BCUT2D eigenvalue weighted by molar-refractivity contribution is 5.64. The van der Waals surface area contributed by atoms with E-state index < -0.39 is 24.0 Å². The van der Waals surface area contributed by atoms with Crippen LogP contribution in [0.25, 0.3) is 16.8 Å². The SMILES string of the molecule is COCc1nnc2ccc(-c3cnc(OC(C)C(F)(F)F)c(F)c3)cn12. The van der Waals surface area contributed by atoms with Crippen molar-refractivity contribution in [3.8, 4) is 17.0 Å². The molecule has 26 heavy (non-hydrogen) atoms. The van der Waals surface area contributed by atoms with E-state index in [1.54, 1.807) is 22.7 Å². The molecule has 1 atom stereocenters. The second-order valence-corrected chi connectivity index (χ2v) is 5.51. The van der Waals surface area contributed by atoms with E-state index in [1.807, 2.05) is 0 Å². The molecule has 6 nitrogen and oxygen atoms in total. The van der Waals surface area contributed by atoms with Crippen molar-refractivity contribution >= 4 is 5.65 Å². The molecule has 3 heterocycles. The number of ether oxygens (including phenoxy) is 2. The molecule has 0 amide bonds. The molecule has 0 saturated heterocycles. The largest absolute Gasteiger partial charge is 0.463 e. The maximum atomic E-state index is 14.1. The highest BCUT2D eigenvalue weighted by Crippen LogP contribution is 2.28. The average molecular weight is 370 g/mol. The van der Waals surface area contributed by atoms with Crippen LogP contribution in [0.15, 0.2) is 30.6 Å². The standard InChI is InChI=1S/C16H14F4N4O2/c1-9(16(18,19)20)26-15-12(17)5-11(6-21-15)10-3-4-13-22-23-14(8-25-2)24(13)7-10/h3-7,9H,8H2,1-2H3. The molecule has 3 rings (SSSR count). The van der Waals surface area contributed by atoms with Gasteiger partial charge in [0.05, 0.1) is 0 Å². The molecule has 3 aromatic rings. The van der Waals surface area contributed by atoms with Crippen LogP contribution in [-0.4, -0.2) is 39.0 Å². The molecule has 0 N–H and O–H groups in total. The maximum absolute atomic E-state index is 14.1. The number of methoxy groups -OCH3 is 1. The lowest BCUT2D eigenvalue weighted by molar-refractivity contribution is -0.190. The molecule has 138 valence electrons. The summed E-state index contributed by atoms with van der Waals surface area (Å²) in [4.78, 5) is 3.67. The van der Waals surface area contributed by atoms with Crippen LogP contribution in [0, 0.1) is 5.82 Å². The minimum absolute atomic E-state index is 0.235. The Morgan fingerprint density at radius 1 is 1.19 bits per heavy atom. The topological polar surface area (TPSA) is 61.5 Å². The van der Waals surface area contributed by atoms with E-state index in [1.165, 1.54) is 13.3 Å². The monoisotopic (exact) mass is 370 g/mol. The van der Waals surface area contributed by atoms with Gasteiger partial charge in [-0.25, -0.2) is 9.37 Å². The van der Waals surface area contributed by atoms with Crippen molar-refractivity contribution in [2.75, 3.05) is 7.11 Å². The number of hydrogen-bond donors (Lipinski definition) is 0. The van der Waals surface area contributed by atoms with Gasteiger partial charge in [-0.15, -0.1) is 10.2 Å². The van der Waals surface area contributed by atoms with Crippen LogP contribution in [0.5, 0.6) is 5.88 Å². The van der Waals surface area contributed by atoms with Gasteiger partial charge in [-0.2, -0.15) is 13.2 Å². The Morgan fingerprint density at radius 2 is 1.96 bits per heavy atom. The molecule has 0 aliphatic carbocycles. The van der Waals surface area contributed by atoms with Gasteiger partial charge in [0.15, 0.2) is 23.4 Å². The fraction of sp³-hybridized carbons (Fsp3) is 0.312. The molecule has 3 aromatic heterocycles. The number of aromatic nitrogens is 4. The van der Waals surface area contributed by atoms with E-state index in [0.29, 0.717) is 22.6 Å². The van der Waals surface area contributed by atoms with Crippen molar-refractivity contribution in [2.24, 2.45) is 0 Å². The zero-order chi connectivity index (χ0) is 18.9. The van der Waals surface area contributed by atoms with Crippen LogP contribution >= 0.6 is 0 Å². The smallest absolute Gasteiger partial charge is 0.425 e. The maximum Gasteiger partial charge on any atom is 0.425 e. The summed E-state index contributed by atoms with van der Waals surface area (Å²) < 4.78 is 63.0. The second kappa shape index (κ2) is 6.87. The summed E-state index contributed by atoms with van der Waals surface area (Å²) in [7, 11) is 1.52. The number of fused-ring (bicyclic) bond motifs is 1. The van der Waals surface area contributed by atoms with Gasteiger partial charge in [-0.1, -0.05) is 0 Å². The molecule has 0 fully saturated rings. The quantitative estimate of drug-likeness (QED) is 0.644. The van der Waals surface area contributed by atoms with Gasteiger partial charge in [0.1, 0.15) is 6.61 Å². The van der Waals surface area contributed by atoms with Crippen molar-refractivity contribution in [3.63, 3.8) is 0 Å². The lowest BCUT2D eigenvalue weighted by atomic mass is 10.1. The Balaban J connectivity index is 1.91. The zero-order valence-corrected chi connectivity index (χ0v) is 13.8. The van der Waals surface area contributed by atoms with Gasteiger partial charge in [0.25, 0.3) is 5.88 Å². The van der Waals surface area contributed by atoms with E-state index in [9.17, 15) is 17.6 Å². The molecule has 0 bridgehead atoms. The summed E-state index contributed by atoms with van der Waals surface area (Å²) in [5.41, 5.74) is 1.53. The van der Waals surface area contributed by atoms with Crippen molar-refractivity contribution in [3.05, 3.63) is 42.2 Å². The number of halogens is 4. The Kier molecular flexibility index (Phi) is 4.77. The predicted molar refractivity (Wildman–Crippen MR) is 83.0 cm³/mol. The molecule has 0 spiro atoms. The molecule has 10 heteroatoms. The van der Waals surface area contributed by atoms with Gasteiger partial charge in [0, 0.05) is 30.6 Å². The Labute approximate surface area is 145 Å². The van der Waals surface area contributed by atoms with Crippen molar-refractivity contribution < 1.29 is 27.0 Å². The fourth-order valence-electron chi connectivity index (χ4n) is 2.24. The number of pyridine rings is 2. The van der Waals surface area contributed by atoms with E-state index >= 15 is 0 Å². The summed E-state index contributed by atoms with van der Waals surface area (Å²) in [5, 5.41) is 7.95. The highest BCUT2D eigenvalue weighted by atomic mass is 19.4. The van der Waals surface area contributed by atoms with Gasteiger partial charge in [0.2, 0.25) is 0 Å². The zero-order valence-electron chi connectivity index (χ0n) is 13.8. The van der Waals surface area contributed by atoms with Crippen LogP contribution in [0.1, 0.15) is 12.7 Å². The fourth-order valence-corrected chi connectivity index (χ4v) is 2.24. The van der Waals surface area contributed by atoms with Crippen LogP contribution in [0.3, 0.4) is 0 Å². The first-order chi connectivity index (χ1) is 12.3. The first-order valence-electron chi connectivity index (χ1n) is 7.51. The number of nitrogens with zero attached hydrogens (tertiary/aromatic N) is 4.